The third-order valence-corrected chi connectivity index (χ3v) is 4.05. The number of likely N-dealkylation sites (N-methyl/N-ethyl adjacent to an activating group) is 1. The molecule has 1 saturated heterocycles. The molecule has 114 valence electrons. The van der Waals surface area contributed by atoms with Crippen LogP contribution >= 0.6 is 0 Å². The fourth-order valence-electron chi connectivity index (χ4n) is 2.58. The number of anilines is 1. The number of hydrogen-bond donors (Lipinski definition) is 0. The Bertz CT molecular complexity index is 522. The van der Waals surface area contributed by atoms with Crippen molar-refractivity contribution >= 4 is 11.9 Å². The fraction of sp³-hybridized carbons (Fsp3) is 0.667. The Morgan fingerprint density at radius 2 is 2.05 bits per heavy atom. The Morgan fingerprint density at radius 3 is 2.67 bits per heavy atom. The summed E-state index contributed by atoms with van der Waals surface area (Å²) in [4.78, 5) is 25.6. The molecule has 0 spiro atoms. The molecule has 2 heterocycles. The highest BCUT2D eigenvalue weighted by molar-refractivity contribution is 5.90. The summed E-state index contributed by atoms with van der Waals surface area (Å²) in [7, 11) is 2.12. The molecule has 1 saturated carbocycles. The van der Waals surface area contributed by atoms with E-state index in [1.54, 1.807) is 6.20 Å². The average Bonchev–Trinajstić information content (AvgIpc) is 3.32. The van der Waals surface area contributed by atoms with E-state index in [0.29, 0.717) is 18.1 Å². The van der Waals surface area contributed by atoms with E-state index in [1.807, 2.05) is 6.92 Å². The normalized spacial score (nSPS) is 19.6. The summed E-state index contributed by atoms with van der Waals surface area (Å²) < 4.78 is 5.11. The summed E-state index contributed by atoms with van der Waals surface area (Å²) in [5, 5.41) is 0. The molecule has 1 aliphatic heterocycles. The van der Waals surface area contributed by atoms with Gasteiger partial charge >= 0.3 is 5.97 Å². The van der Waals surface area contributed by atoms with Crippen molar-refractivity contribution in [1.82, 2.24) is 14.9 Å². The molecule has 2 fully saturated rings. The van der Waals surface area contributed by atoms with Gasteiger partial charge in [-0.25, -0.2) is 14.8 Å². The smallest absolute Gasteiger partial charge is 0.341 e. The van der Waals surface area contributed by atoms with Gasteiger partial charge in [0, 0.05) is 38.3 Å². The maximum Gasteiger partial charge on any atom is 0.341 e. The number of hydrogen-bond acceptors (Lipinski definition) is 6. The van der Waals surface area contributed by atoms with Gasteiger partial charge in [0.25, 0.3) is 0 Å². The fourth-order valence-corrected chi connectivity index (χ4v) is 2.58. The van der Waals surface area contributed by atoms with Crippen LogP contribution < -0.4 is 4.90 Å². The van der Waals surface area contributed by atoms with Crippen molar-refractivity contribution in [1.29, 1.82) is 0 Å². The van der Waals surface area contributed by atoms with Gasteiger partial charge in [0.2, 0.25) is 5.95 Å². The van der Waals surface area contributed by atoms with Crippen LogP contribution in [0.4, 0.5) is 5.95 Å². The Morgan fingerprint density at radius 1 is 1.33 bits per heavy atom. The largest absolute Gasteiger partial charge is 0.462 e. The third-order valence-electron chi connectivity index (χ3n) is 4.05. The Hall–Kier alpha value is -1.69. The number of aromatic nitrogens is 2. The first-order valence-corrected chi connectivity index (χ1v) is 7.66. The predicted octanol–water partition coefficient (Wildman–Crippen LogP) is 1.28. The number of carbonyl (C=O) groups is 1. The van der Waals surface area contributed by atoms with Gasteiger partial charge in [-0.1, -0.05) is 0 Å². The Labute approximate surface area is 125 Å². The van der Waals surface area contributed by atoms with Gasteiger partial charge in [-0.15, -0.1) is 0 Å². The summed E-state index contributed by atoms with van der Waals surface area (Å²) >= 11 is 0. The summed E-state index contributed by atoms with van der Waals surface area (Å²) in [6, 6.07) is 0. The quantitative estimate of drug-likeness (QED) is 0.779. The van der Waals surface area contributed by atoms with E-state index in [1.165, 1.54) is 0 Å². The van der Waals surface area contributed by atoms with Crippen LogP contribution in [0.2, 0.25) is 0 Å². The second-order valence-electron chi connectivity index (χ2n) is 5.75. The lowest BCUT2D eigenvalue weighted by Crippen LogP contribution is -2.45. The SMILES string of the molecule is CCOC(=O)c1cnc(N2CCN(C)CC2)nc1C1CC1. The summed E-state index contributed by atoms with van der Waals surface area (Å²) in [5.41, 5.74) is 1.41. The molecule has 0 unspecified atom stereocenters. The van der Waals surface area contributed by atoms with E-state index < -0.39 is 0 Å². The van der Waals surface area contributed by atoms with Crippen LogP contribution in [0.1, 0.15) is 41.7 Å². The number of rotatable bonds is 4. The molecule has 3 rings (SSSR count). The molecule has 0 radical (unpaired) electrons. The van der Waals surface area contributed by atoms with E-state index in [9.17, 15) is 4.79 Å². The molecule has 1 aromatic rings. The van der Waals surface area contributed by atoms with Crippen molar-refractivity contribution in [3.8, 4) is 0 Å². The van der Waals surface area contributed by atoms with Gasteiger partial charge in [0.15, 0.2) is 0 Å². The highest BCUT2D eigenvalue weighted by atomic mass is 16.5. The van der Waals surface area contributed by atoms with Gasteiger partial charge in [-0.05, 0) is 26.8 Å². The lowest BCUT2D eigenvalue weighted by Gasteiger charge is -2.32. The molecular formula is C15H22N4O2. The van der Waals surface area contributed by atoms with Crippen molar-refractivity contribution < 1.29 is 9.53 Å². The van der Waals surface area contributed by atoms with Crippen LogP contribution in [0.5, 0.6) is 0 Å². The summed E-state index contributed by atoms with van der Waals surface area (Å²) in [6.07, 6.45) is 3.85. The molecule has 6 nitrogen and oxygen atoms in total. The number of esters is 1. The summed E-state index contributed by atoms with van der Waals surface area (Å²) in [5.74, 6) is 0.848. The van der Waals surface area contributed by atoms with E-state index in [2.05, 4.69) is 26.8 Å². The topological polar surface area (TPSA) is 58.6 Å². The van der Waals surface area contributed by atoms with Crippen LogP contribution in [0, 0.1) is 0 Å². The Kier molecular flexibility index (Phi) is 4.05. The second kappa shape index (κ2) is 5.97. The van der Waals surface area contributed by atoms with Gasteiger partial charge in [-0.2, -0.15) is 0 Å². The van der Waals surface area contributed by atoms with Crippen molar-refractivity contribution in [2.75, 3.05) is 44.7 Å². The van der Waals surface area contributed by atoms with Crippen molar-refractivity contribution in [3.63, 3.8) is 0 Å². The zero-order valence-corrected chi connectivity index (χ0v) is 12.7. The molecule has 1 aliphatic carbocycles. The zero-order chi connectivity index (χ0) is 14.8. The predicted molar refractivity (Wildman–Crippen MR) is 79.7 cm³/mol. The van der Waals surface area contributed by atoms with Crippen molar-refractivity contribution in [2.24, 2.45) is 0 Å². The van der Waals surface area contributed by atoms with E-state index in [4.69, 9.17) is 4.74 Å². The number of piperazine rings is 1. The number of carbonyl (C=O) groups excluding carboxylic acids is 1. The molecule has 0 N–H and O–H groups in total. The van der Waals surface area contributed by atoms with Crippen LogP contribution in [0.25, 0.3) is 0 Å². The van der Waals surface area contributed by atoms with E-state index >= 15 is 0 Å². The van der Waals surface area contributed by atoms with Gasteiger partial charge in [0.1, 0.15) is 0 Å². The molecular weight excluding hydrogens is 268 g/mol. The average molecular weight is 290 g/mol. The van der Waals surface area contributed by atoms with Crippen LogP contribution in [0.15, 0.2) is 6.20 Å². The van der Waals surface area contributed by atoms with Gasteiger partial charge < -0.3 is 14.5 Å². The minimum absolute atomic E-state index is 0.302. The first kappa shape index (κ1) is 14.3. The van der Waals surface area contributed by atoms with Crippen molar-refractivity contribution in [2.45, 2.75) is 25.7 Å². The molecule has 0 bridgehead atoms. The zero-order valence-electron chi connectivity index (χ0n) is 12.7. The molecule has 0 aromatic carbocycles. The molecule has 2 aliphatic rings. The van der Waals surface area contributed by atoms with Crippen LogP contribution in [-0.4, -0.2) is 60.7 Å². The molecule has 21 heavy (non-hydrogen) atoms. The highest BCUT2D eigenvalue weighted by Gasteiger charge is 2.31. The monoisotopic (exact) mass is 290 g/mol. The lowest BCUT2D eigenvalue weighted by molar-refractivity contribution is 0.0524. The Balaban J connectivity index is 1.83. The molecule has 0 atom stereocenters. The van der Waals surface area contributed by atoms with Gasteiger partial charge in [0.05, 0.1) is 17.9 Å². The van der Waals surface area contributed by atoms with Crippen LogP contribution in [-0.2, 0) is 4.74 Å². The third kappa shape index (κ3) is 3.15. The maximum atomic E-state index is 12.0. The second-order valence-corrected chi connectivity index (χ2v) is 5.75. The molecule has 6 heteroatoms. The molecule has 0 amide bonds. The first-order chi connectivity index (χ1) is 10.2. The number of ether oxygens (including phenoxy) is 1. The highest BCUT2D eigenvalue weighted by Crippen LogP contribution is 2.41. The number of nitrogens with zero attached hydrogens (tertiary/aromatic N) is 4. The minimum Gasteiger partial charge on any atom is -0.462 e. The van der Waals surface area contributed by atoms with E-state index in [-0.39, 0.29) is 5.97 Å². The lowest BCUT2D eigenvalue weighted by atomic mass is 10.1. The molecule has 1 aromatic heterocycles. The van der Waals surface area contributed by atoms with Crippen LogP contribution in [0.3, 0.4) is 0 Å². The maximum absolute atomic E-state index is 12.0. The first-order valence-electron chi connectivity index (χ1n) is 7.66. The van der Waals surface area contributed by atoms with Gasteiger partial charge in [-0.3, -0.25) is 0 Å². The van der Waals surface area contributed by atoms with E-state index in [0.717, 1.165) is 50.7 Å². The standard InChI is InChI=1S/C15H22N4O2/c1-3-21-14(20)12-10-16-15(17-13(12)11-4-5-11)19-8-6-18(2)7-9-19/h10-11H,3-9H2,1-2H3. The van der Waals surface area contributed by atoms with Crippen molar-refractivity contribution in [3.05, 3.63) is 17.5 Å². The summed E-state index contributed by atoms with van der Waals surface area (Å²) in [6.45, 7) is 6.08. The minimum atomic E-state index is -0.302.